The van der Waals surface area contributed by atoms with Crippen molar-refractivity contribution >= 4 is 0 Å². The van der Waals surface area contributed by atoms with E-state index in [1.165, 1.54) is 51.7 Å². The van der Waals surface area contributed by atoms with Crippen molar-refractivity contribution in [2.45, 2.75) is 71.9 Å². The summed E-state index contributed by atoms with van der Waals surface area (Å²) in [6, 6.07) is 1.54. The molecule has 0 aromatic heterocycles. The minimum absolute atomic E-state index is 0.704. The third-order valence-electron chi connectivity index (χ3n) is 5.40. The maximum Gasteiger partial charge on any atom is 0.0124 e. The van der Waals surface area contributed by atoms with E-state index < -0.39 is 0 Å². The van der Waals surface area contributed by atoms with E-state index in [-0.39, 0.29) is 0 Å². The molecule has 1 N–H and O–H groups in total. The molecule has 2 fully saturated rings. The highest BCUT2D eigenvalue weighted by Gasteiger charge is 2.32. The summed E-state index contributed by atoms with van der Waals surface area (Å²) in [6.07, 6.45) is 7.04. The largest absolute Gasteiger partial charge is 0.317 e. The number of rotatable bonds is 4. The smallest absolute Gasteiger partial charge is 0.0124 e. The molecule has 19 heavy (non-hydrogen) atoms. The van der Waals surface area contributed by atoms with Gasteiger partial charge in [-0.3, -0.25) is 4.90 Å². The van der Waals surface area contributed by atoms with Crippen LogP contribution in [0.25, 0.3) is 0 Å². The fourth-order valence-corrected chi connectivity index (χ4v) is 4.23. The summed E-state index contributed by atoms with van der Waals surface area (Å²) >= 11 is 0. The van der Waals surface area contributed by atoms with Crippen molar-refractivity contribution in [3.8, 4) is 0 Å². The third kappa shape index (κ3) is 4.19. The summed E-state index contributed by atoms with van der Waals surface area (Å²) in [4.78, 5) is 2.84. The van der Waals surface area contributed by atoms with Crippen LogP contribution < -0.4 is 5.32 Å². The highest BCUT2D eigenvalue weighted by Crippen LogP contribution is 2.33. The predicted molar refractivity (Wildman–Crippen MR) is 83.4 cm³/mol. The Morgan fingerprint density at radius 3 is 2.32 bits per heavy atom. The molecule has 2 nitrogen and oxygen atoms in total. The summed E-state index contributed by atoms with van der Waals surface area (Å²) in [5.41, 5.74) is 0. The summed E-state index contributed by atoms with van der Waals surface area (Å²) in [5, 5.41) is 3.49. The van der Waals surface area contributed by atoms with E-state index >= 15 is 0 Å². The molecule has 1 heterocycles. The lowest BCUT2D eigenvalue weighted by molar-refractivity contribution is 0.0488. The Labute approximate surface area is 120 Å². The molecule has 2 heteroatoms. The molecule has 1 saturated carbocycles. The Morgan fingerprint density at radius 2 is 1.74 bits per heavy atom. The Hall–Kier alpha value is -0.0800. The molecule has 0 bridgehead atoms. The lowest BCUT2D eigenvalue weighted by atomic mass is 9.78. The van der Waals surface area contributed by atoms with E-state index in [0.717, 1.165) is 23.8 Å². The molecule has 0 spiro atoms. The lowest BCUT2D eigenvalue weighted by Gasteiger charge is -2.44. The maximum atomic E-state index is 3.49. The van der Waals surface area contributed by atoms with Gasteiger partial charge < -0.3 is 5.32 Å². The van der Waals surface area contributed by atoms with Crippen LogP contribution in [0.2, 0.25) is 0 Å². The Bertz CT molecular complexity index is 258. The van der Waals surface area contributed by atoms with Crippen LogP contribution in [0.15, 0.2) is 0 Å². The van der Waals surface area contributed by atoms with Crippen LogP contribution in [0.1, 0.15) is 59.8 Å². The minimum atomic E-state index is 0.704. The first-order chi connectivity index (χ1) is 9.08. The van der Waals surface area contributed by atoms with Gasteiger partial charge in [0.05, 0.1) is 0 Å². The van der Waals surface area contributed by atoms with Crippen molar-refractivity contribution in [2.24, 2.45) is 17.8 Å². The quantitative estimate of drug-likeness (QED) is 0.837. The molecule has 2 aliphatic rings. The van der Waals surface area contributed by atoms with Gasteiger partial charge in [-0.25, -0.2) is 0 Å². The molecule has 3 unspecified atom stereocenters. The van der Waals surface area contributed by atoms with E-state index in [2.05, 4.69) is 37.9 Å². The second kappa shape index (κ2) is 7.08. The fraction of sp³-hybridized carbons (Fsp3) is 1.00. The molecular formula is C17H34N2. The number of hydrogen-bond acceptors (Lipinski definition) is 2. The topological polar surface area (TPSA) is 15.3 Å². The molecule has 2 rings (SSSR count). The van der Waals surface area contributed by atoms with Gasteiger partial charge in [-0.15, -0.1) is 0 Å². The first-order valence-electron chi connectivity index (χ1n) is 8.54. The van der Waals surface area contributed by atoms with Gasteiger partial charge in [-0.1, -0.05) is 13.8 Å². The molecule has 1 aliphatic heterocycles. The van der Waals surface area contributed by atoms with Crippen LogP contribution in [0, 0.1) is 17.8 Å². The lowest BCUT2D eigenvalue weighted by Crippen LogP contribution is -2.49. The number of hydrogen-bond donors (Lipinski definition) is 1. The van der Waals surface area contributed by atoms with Crippen LogP contribution in [0.4, 0.5) is 0 Å². The number of nitrogens with one attached hydrogen (secondary N) is 1. The van der Waals surface area contributed by atoms with Crippen molar-refractivity contribution in [1.29, 1.82) is 0 Å². The number of nitrogens with zero attached hydrogens (tertiary/aromatic N) is 1. The van der Waals surface area contributed by atoms with E-state index in [9.17, 15) is 0 Å². The van der Waals surface area contributed by atoms with Crippen LogP contribution in [-0.4, -0.2) is 36.6 Å². The summed E-state index contributed by atoms with van der Waals surface area (Å²) in [6.45, 7) is 13.5. The van der Waals surface area contributed by atoms with Crippen molar-refractivity contribution in [3.63, 3.8) is 0 Å². The molecule has 0 amide bonds. The first kappa shape index (κ1) is 15.3. The molecule has 0 aromatic carbocycles. The number of piperidine rings is 1. The standard InChI is InChI=1S/C17H34N2/c1-13(2)19(12-16-7-9-18-10-8-16)17-6-5-14(3)11-15(17)4/h13-18H,5-12H2,1-4H3. The maximum absolute atomic E-state index is 3.49. The van der Waals surface area contributed by atoms with Gasteiger partial charge in [-0.2, -0.15) is 0 Å². The Kier molecular flexibility index (Phi) is 5.70. The van der Waals surface area contributed by atoms with Gasteiger partial charge in [0.25, 0.3) is 0 Å². The van der Waals surface area contributed by atoms with Crippen molar-refractivity contribution < 1.29 is 0 Å². The predicted octanol–water partition coefficient (Wildman–Crippen LogP) is 3.52. The van der Waals surface area contributed by atoms with Gasteiger partial charge in [-0.05, 0) is 76.8 Å². The normalized spacial score (nSPS) is 34.1. The van der Waals surface area contributed by atoms with Crippen LogP contribution >= 0.6 is 0 Å². The molecule has 0 aromatic rings. The van der Waals surface area contributed by atoms with Crippen LogP contribution in [-0.2, 0) is 0 Å². The van der Waals surface area contributed by atoms with Crippen molar-refractivity contribution in [3.05, 3.63) is 0 Å². The Morgan fingerprint density at radius 1 is 1.05 bits per heavy atom. The van der Waals surface area contributed by atoms with E-state index in [1.54, 1.807) is 0 Å². The zero-order valence-corrected chi connectivity index (χ0v) is 13.5. The molecule has 1 aliphatic carbocycles. The average Bonchev–Trinajstić information content (AvgIpc) is 2.38. The first-order valence-corrected chi connectivity index (χ1v) is 8.54. The van der Waals surface area contributed by atoms with Crippen molar-refractivity contribution in [1.82, 2.24) is 10.2 Å². The van der Waals surface area contributed by atoms with Crippen LogP contribution in [0.5, 0.6) is 0 Å². The summed E-state index contributed by atoms with van der Waals surface area (Å²) in [7, 11) is 0. The SMILES string of the molecule is CC1CCC(N(CC2CCNCC2)C(C)C)C(C)C1. The summed E-state index contributed by atoms with van der Waals surface area (Å²) < 4.78 is 0. The second-order valence-corrected chi connectivity index (χ2v) is 7.45. The zero-order chi connectivity index (χ0) is 13.8. The monoisotopic (exact) mass is 266 g/mol. The van der Waals surface area contributed by atoms with Crippen molar-refractivity contribution in [2.75, 3.05) is 19.6 Å². The highest BCUT2D eigenvalue weighted by atomic mass is 15.2. The highest BCUT2D eigenvalue weighted by molar-refractivity contribution is 4.86. The third-order valence-corrected chi connectivity index (χ3v) is 5.40. The van der Waals surface area contributed by atoms with Gasteiger partial charge >= 0.3 is 0 Å². The van der Waals surface area contributed by atoms with Gasteiger partial charge in [0, 0.05) is 18.6 Å². The zero-order valence-electron chi connectivity index (χ0n) is 13.5. The van der Waals surface area contributed by atoms with Crippen LogP contribution in [0.3, 0.4) is 0 Å². The minimum Gasteiger partial charge on any atom is -0.317 e. The molecular weight excluding hydrogens is 232 g/mol. The van der Waals surface area contributed by atoms with E-state index in [1.807, 2.05) is 0 Å². The Balaban J connectivity index is 1.94. The molecule has 112 valence electrons. The molecule has 3 atom stereocenters. The second-order valence-electron chi connectivity index (χ2n) is 7.45. The van der Waals surface area contributed by atoms with Gasteiger partial charge in [0.15, 0.2) is 0 Å². The molecule has 1 saturated heterocycles. The van der Waals surface area contributed by atoms with Gasteiger partial charge in [0.1, 0.15) is 0 Å². The van der Waals surface area contributed by atoms with E-state index in [4.69, 9.17) is 0 Å². The van der Waals surface area contributed by atoms with E-state index in [0.29, 0.717) is 6.04 Å². The average molecular weight is 266 g/mol. The summed E-state index contributed by atoms with van der Waals surface area (Å²) in [5.74, 6) is 2.75. The fourth-order valence-electron chi connectivity index (χ4n) is 4.23. The molecule has 0 radical (unpaired) electrons. The van der Waals surface area contributed by atoms with Gasteiger partial charge in [0.2, 0.25) is 0 Å².